The molecule has 1 aromatic carbocycles. The number of aryl methyl sites for hydroxylation is 3. The van der Waals surface area contributed by atoms with Gasteiger partial charge in [0.1, 0.15) is 11.3 Å². The summed E-state index contributed by atoms with van der Waals surface area (Å²) in [5, 5.41) is 22.5. The quantitative estimate of drug-likeness (QED) is 0.514. The second-order valence-electron chi connectivity index (χ2n) is 9.14. The molecular formula is C24H25ClN6O. The molecule has 1 saturated carbocycles. The lowest BCUT2D eigenvalue weighted by Crippen LogP contribution is -2.41. The van der Waals surface area contributed by atoms with Crippen LogP contribution in [0.4, 0.5) is 5.69 Å². The molecule has 4 aromatic rings. The number of benzene rings is 1. The molecule has 1 N–H and O–H groups in total. The van der Waals surface area contributed by atoms with Gasteiger partial charge in [-0.1, -0.05) is 17.7 Å². The van der Waals surface area contributed by atoms with Crippen molar-refractivity contribution >= 4 is 28.2 Å². The Morgan fingerprint density at radius 2 is 1.97 bits per heavy atom. The fourth-order valence-electron chi connectivity index (χ4n) is 5.81. The summed E-state index contributed by atoms with van der Waals surface area (Å²) in [5.74, 6) is 0.144. The van der Waals surface area contributed by atoms with E-state index in [9.17, 15) is 5.11 Å². The van der Waals surface area contributed by atoms with Crippen LogP contribution in [0.15, 0.2) is 42.9 Å². The van der Waals surface area contributed by atoms with Crippen LogP contribution in [0, 0.1) is 19.8 Å². The predicted octanol–water partition coefficient (Wildman–Crippen LogP) is 3.91. The van der Waals surface area contributed by atoms with E-state index in [1.165, 1.54) is 0 Å². The topological polar surface area (TPSA) is 72.0 Å². The van der Waals surface area contributed by atoms with Crippen molar-refractivity contribution in [1.82, 2.24) is 24.5 Å². The van der Waals surface area contributed by atoms with Gasteiger partial charge in [0.25, 0.3) is 0 Å². The number of hydrogen-bond donors (Lipinski definition) is 1. The van der Waals surface area contributed by atoms with Crippen LogP contribution in [-0.4, -0.2) is 42.2 Å². The summed E-state index contributed by atoms with van der Waals surface area (Å²) in [6, 6.07) is 8.07. The second kappa shape index (κ2) is 6.80. The molecule has 1 saturated heterocycles. The van der Waals surface area contributed by atoms with Crippen molar-refractivity contribution in [1.29, 1.82) is 0 Å². The van der Waals surface area contributed by atoms with E-state index in [-0.39, 0.29) is 12.0 Å². The highest BCUT2D eigenvalue weighted by molar-refractivity contribution is 6.34. The van der Waals surface area contributed by atoms with Gasteiger partial charge in [-0.05, 0) is 44.9 Å². The number of anilines is 1. The first-order chi connectivity index (χ1) is 15.4. The van der Waals surface area contributed by atoms with Crippen LogP contribution >= 0.6 is 11.6 Å². The zero-order valence-electron chi connectivity index (χ0n) is 18.3. The van der Waals surface area contributed by atoms with Gasteiger partial charge >= 0.3 is 0 Å². The van der Waals surface area contributed by atoms with Gasteiger partial charge in [-0.3, -0.25) is 9.67 Å². The fourth-order valence-corrected chi connectivity index (χ4v) is 6.09. The van der Waals surface area contributed by atoms with E-state index in [0.29, 0.717) is 5.02 Å². The number of pyridine rings is 1. The molecular weight excluding hydrogens is 424 g/mol. The molecule has 1 aliphatic heterocycles. The maximum Gasteiger partial charge on any atom is 0.116 e. The molecule has 8 heteroatoms. The Balaban J connectivity index is 1.45. The minimum atomic E-state index is -0.924. The first-order valence-electron chi connectivity index (χ1n) is 11.0. The van der Waals surface area contributed by atoms with Gasteiger partial charge in [-0.15, -0.1) is 0 Å². The van der Waals surface area contributed by atoms with Gasteiger partial charge in [-0.25, -0.2) is 4.68 Å². The van der Waals surface area contributed by atoms with Crippen LogP contribution in [0.2, 0.25) is 5.02 Å². The van der Waals surface area contributed by atoms with E-state index in [4.69, 9.17) is 11.6 Å². The zero-order chi connectivity index (χ0) is 22.2. The molecule has 1 unspecified atom stereocenters. The molecule has 32 heavy (non-hydrogen) atoms. The third-order valence-corrected chi connectivity index (χ3v) is 7.55. The molecule has 0 amide bonds. The molecule has 0 radical (unpaired) electrons. The fraction of sp³-hybridized carbons (Fsp3) is 0.375. The van der Waals surface area contributed by atoms with Crippen molar-refractivity contribution in [3.63, 3.8) is 0 Å². The number of aromatic nitrogens is 5. The number of fused-ring (bicyclic) bond motifs is 3. The smallest absolute Gasteiger partial charge is 0.116 e. The molecule has 2 aliphatic rings. The van der Waals surface area contributed by atoms with E-state index >= 15 is 0 Å². The first-order valence-corrected chi connectivity index (χ1v) is 11.3. The molecule has 4 heterocycles. The van der Waals surface area contributed by atoms with Crippen molar-refractivity contribution in [3.8, 4) is 5.69 Å². The number of hydrogen-bond acceptors (Lipinski definition) is 5. The van der Waals surface area contributed by atoms with E-state index in [1.54, 1.807) is 10.9 Å². The average molecular weight is 449 g/mol. The summed E-state index contributed by atoms with van der Waals surface area (Å²) in [7, 11) is 1.89. The molecule has 2 bridgehead atoms. The van der Waals surface area contributed by atoms with Crippen molar-refractivity contribution in [2.45, 2.75) is 38.3 Å². The Bertz CT molecular complexity index is 1360. The zero-order valence-corrected chi connectivity index (χ0v) is 19.1. The largest absolute Gasteiger partial charge is 0.383 e. The van der Waals surface area contributed by atoms with Gasteiger partial charge < -0.3 is 10.0 Å². The lowest BCUT2D eigenvalue weighted by atomic mass is 9.84. The third kappa shape index (κ3) is 2.67. The van der Waals surface area contributed by atoms with Crippen molar-refractivity contribution in [2.24, 2.45) is 13.0 Å². The Labute approximate surface area is 191 Å². The number of rotatable bonds is 3. The van der Waals surface area contributed by atoms with Crippen LogP contribution in [0.3, 0.4) is 0 Å². The maximum absolute atomic E-state index is 12.0. The van der Waals surface area contributed by atoms with Gasteiger partial charge in [0.05, 0.1) is 40.9 Å². The van der Waals surface area contributed by atoms with Gasteiger partial charge in [0.15, 0.2) is 0 Å². The van der Waals surface area contributed by atoms with Gasteiger partial charge in [0, 0.05) is 41.8 Å². The second-order valence-corrected chi connectivity index (χ2v) is 9.55. The lowest BCUT2D eigenvalue weighted by molar-refractivity contribution is 0.0131. The summed E-state index contributed by atoms with van der Waals surface area (Å²) in [4.78, 5) is 6.92. The van der Waals surface area contributed by atoms with Crippen molar-refractivity contribution in [3.05, 3.63) is 64.8 Å². The highest BCUT2D eigenvalue weighted by Gasteiger charge is 2.59. The van der Waals surface area contributed by atoms with E-state index in [0.717, 1.165) is 58.6 Å². The summed E-state index contributed by atoms with van der Waals surface area (Å²) in [6.45, 7) is 4.74. The Kier molecular flexibility index (Phi) is 4.20. The number of aliphatic hydroxyl groups is 1. The SMILES string of the molecule is Cc1ccc(C2(O)[C@@H]3CC[C@H]2N(c2cc4c(cnn4-c4cnn(C)c4)cc2Cl)C3)c(C)n1. The summed E-state index contributed by atoms with van der Waals surface area (Å²) in [6.07, 6.45) is 7.48. The Hall–Kier alpha value is -2.90. The summed E-state index contributed by atoms with van der Waals surface area (Å²) < 4.78 is 3.65. The third-order valence-electron chi connectivity index (χ3n) is 7.25. The molecule has 164 valence electrons. The van der Waals surface area contributed by atoms with E-state index in [1.807, 2.05) is 50.1 Å². The van der Waals surface area contributed by atoms with Crippen LogP contribution in [-0.2, 0) is 12.6 Å². The Morgan fingerprint density at radius 1 is 1.12 bits per heavy atom. The molecule has 7 nitrogen and oxygen atoms in total. The van der Waals surface area contributed by atoms with Crippen LogP contribution in [0.5, 0.6) is 0 Å². The Morgan fingerprint density at radius 3 is 2.72 bits per heavy atom. The molecule has 0 spiro atoms. The molecule has 3 atom stereocenters. The number of nitrogens with zero attached hydrogens (tertiary/aromatic N) is 6. The van der Waals surface area contributed by atoms with Crippen molar-refractivity contribution < 1.29 is 5.11 Å². The standard InChI is InChI=1S/C24H25ClN6O/c1-14-4-6-19(15(2)28-14)24(32)17-5-7-23(24)30(12-17)22-9-21-16(8-20(22)25)10-27-31(21)18-11-26-29(3)13-18/h4,6,8-11,13,17,23,32H,5,7,12H2,1-3H3/t17-,23-,24?/m1/s1. The molecule has 3 aromatic heterocycles. The first kappa shape index (κ1) is 19.8. The van der Waals surface area contributed by atoms with Crippen LogP contribution in [0.1, 0.15) is 29.8 Å². The number of piperidine rings is 1. The van der Waals surface area contributed by atoms with Crippen LogP contribution < -0.4 is 4.90 Å². The molecule has 1 aliphatic carbocycles. The van der Waals surface area contributed by atoms with Gasteiger partial charge in [-0.2, -0.15) is 10.2 Å². The number of halogens is 1. The average Bonchev–Trinajstić information content (AvgIpc) is 3.50. The molecule has 6 rings (SSSR count). The maximum atomic E-state index is 12.0. The predicted molar refractivity (Wildman–Crippen MR) is 124 cm³/mol. The normalized spacial score (nSPS) is 24.7. The van der Waals surface area contributed by atoms with E-state index in [2.05, 4.69) is 32.2 Å². The highest BCUT2D eigenvalue weighted by Crippen LogP contribution is 2.54. The highest BCUT2D eigenvalue weighted by atomic mass is 35.5. The lowest BCUT2D eigenvalue weighted by Gasteiger charge is -2.34. The summed E-state index contributed by atoms with van der Waals surface area (Å²) in [5.41, 5.74) is 4.70. The monoisotopic (exact) mass is 448 g/mol. The van der Waals surface area contributed by atoms with Gasteiger partial charge in [0.2, 0.25) is 0 Å². The van der Waals surface area contributed by atoms with Crippen LogP contribution in [0.25, 0.3) is 16.6 Å². The summed E-state index contributed by atoms with van der Waals surface area (Å²) >= 11 is 6.78. The van der Waals surface area contributed by atoms with E-state index < -0.39 is 5.60 Å². The van der Waals surface area contributed by atoms with Crippen molar-refractivity contribution in [2.75, 3.05) is 11.4 Å². The minimum Gasteiger partial charge on any atom is -0.383 e. The minimum absolute atomic E-state index is 0.0413. The molecule has 2 fully saturated rings.